The van der Waals surface area contributed by atoms with Gasteiger partial charge in [-0.2, -0.15) is 5.10 Å². The van der Waals surface area contributed by atoms with Crippen LogP contribution in [0.3, 0.4) is 0 Å². The molecule has 0 radical (unpaired) electrons. The summed E-state index contributed by atoms with van der Waals surface area (Å²) in [4.78, 5) is 28.7. The molecule has 0 saturated heterocycles. The van der Waals surface area contributed by atoms with E-state index >= 15 is 0 Å². The molecule has 0 unspecified atom stereocenters. The van der Waals surface area contributed by atoms with Crippen LogP contribution in [-0.2, 0) is 11.8 Å². The molecule has 9 heteroatoms. The largest absolute Gasteiger partial charge is 0.465 e. The number of amides is 1. The van der Waals surface area contributed by atoms with E-state index in [2.05, 4.69) is 20.1 Å². The number of nitrogens with two attached hydrogens (primary N) is 1. The van der Waals surface area contributed by atoms with Crippen molar-refractivity contribution >= 4 is 23.6 Å². The van der Waals surface area contributed by atoms with Crippen LogP contribution in [0.1, 0.15) is 20.7 Å². The summed E-state index contributed by atoms with van der Waals surface area (Å²) in [7, 11) is 3.12. The molecule has 31 heavy (non-hydrogen) atoms. The van der Waals surface area contributed by atoms with Crippen LogP contribution < -0.4 is 11.1 Å². The lowest BCUT2D eigenvalue weighted by Gasteiger charge is -2.09. The lowest BCUT2D eigenvalue weighted by atomic mass is 10.2. The molecule has 0 atom stereocenters. The van der Waals surface area contributed by atoms with Crippen molar-refractivity contribution in [3.05, 3.63) is 78.1 Å². The maximum atomic E-state index is 12.7. The number of anilines is 2. The number of nitrogens with one attached hydrogen (secondary N) is 1. The summed E-state index contributed by atoms with van der Waals surface area (Å²) in [5, 5.41) is 6.94. The van der Waals surface area contributed by atoms with E-state index in [4.69, 9.17) is 5.73 Å². The lowest BCUT2D eigenvalue weighted by molar-refractivity contribution is 0.0602. The molecular weight excluding hydrogens is 396 g/mol. The Kier molecular flexibility index (Phi) is 5.23. The summed E-state index contributed by atoms with van der Waals surface area (Å²) in [6.45, 7) is 0. The van der Waals surface area contributed by atoms with Gasteiger partial charge in [-0.05, 0) is 29.8 Å². The molecule has 4 aromatic rings. The number of rotatable bonds is 5. The monoisotopic (exact) mass is 416 g/mol. The predicted molar refractivity (Wildman–Crippen MR) is 116 cm³/mol. The Labute approximate surface area is 178 Å². The predicted octanol–water partition coefficient (Wildman–Crippen LogP) is 2.89. The summed E-state index contributed by atoms with van der Waals surface area (Å²) in [6.07, 6.45) is 3.06. The van der Waals surface area contributed by atoms with Crippen LogP contribution in [0, 0.1) is 0 Å². The molecule has 156 valence electrons. The zero-order valence-electron chi connectivity index (χ0n) is 16.9. The van der Waals surface area contributed by atoms with Crippen LogP contribution in [0.5, 0.6) is 0 Å². The van der Waals surface area contributed by atoms with Crippen molar-refractivity contribution in [1.82, 2.24) is 19.3 Å². The first kappa shape index (κ1) is 19.9. The first-order valence-electron chi connectivity index (χ1n) is 9.40. The maximum Gasteiger partial charge on any atom is 0.343 e. The average Bonchev–Trinajstić information content (AvgIpc) is 3.36. The van der Waals surface area contributed by atoms with Gasteiger partial charge in [0.25, 0.3) is 5.91 Å². The molecule has 0 saturated carbocycles. The van der Waals surface area contributed by atoms with E-state index in [1.54, 1.807) is 30.5 Å². The van der Waals surface area contributed by atoms with Crippen LogP contribution in [0.4, 0.5) is 11.8 Å². The van der Waals surface area contributed by atoms with Gasteiger partial charge in [0.15, 0.2) is 0 Å². The first-order chi connectivity index (χ1) is 15.0. The van der Waals surface area contributed by atoms with Crippen molar-refractivity contribution in [2.45, 2.75) is 0 Å². The summed E-state index contributed by atoms with van der Waals surface area (Å²) >= 11 is 0. The standard InChI is InChI=1S/C22H20N6O3/c1-27-18(14-6-4-3-5-7-14)13-24-22(27)26-20(29)15-8-10-16(11-9-15)28-19(23)17(12-25-28)21(30)31-2/h3-13H,23H2,1-2H3,(H,24,26,29). The fraction of sp³-hybridized carbons (Fsp3) is 0.0909. The number of nitrogen functional groups attached to an aromatic ring is 1. The SMILES string of the molecule is COC(=O)c1cnn(-c2ccc(C(=O)Nc3ncc(-c4ccccc4)n3C)cc2)c1N. The number of ether oxygens (including phenoxy) is 1. The number of benzene rings is 2. The summed E-state index contributed by atoms with van der Waals surface area (Å²) in [5.74, 6) is -0.272. The van der Waals surface area contributed by atoms with Gasteiger partial charge in [-0.15, -0.1) is 0 Å². The van der Waals surface area contributed by atoms with Gasteiger partial charge in [0.1, 0.15) is 11.4 Å². The van der Waals surface area contributed by atoms with Crippen LogP contribution in [0.25, 0.3) is 16.9 Å². The minimum absolute atomic E-state index is 0.158. The maximum absolute atomic E-state index is 12.7. The zero-order valence-corrected chi connectivity index (χ0v) is 16.9. The molecule has 0 spiro atoms. The van der Waals surface area contributed by atoms with E-state index < -0.39 is 5.97 Å². The number of methoxy groups -OCH3 is 1. The number of nitrogens with zero attached hydrogens (tertiary/aromatic N) is 4. The first-order valence-corrected chi connectivity index (χ1v) is 9.40. The third kappa shape index (κ3) is 3.76. The summed E-state index contributed by atoms with van der Waals surface area (Å²) in [6, 6.07) is 16.5. The topological polar surface area (TPSA) is 117 Å². The molecule has 2 aromatic carbocycles. The molecule has 0 aliphatic rings. The normalized spacial score (nSPS) is 10.6. The fourth-order valence-corrected chi connectivity index (χ4v) is 3.16. The number of carbonyl (C=O) groups is 2. The van der Waals surface area contributed by atoms with E-state index in [-0.39, 0.29) is 17.3 Å². The van der Waals surface area contributed by atoms with E-state index in [0.29, 0.717) is 17.2 Å². The van der Waals surface area contributed by atoms with Gasteiger partial charge in [-0.1, -0.05) is 30.3 Å². The van der Waals surface area contributed by atoms with Crippen molar-refractivity contribution in [3.8, 4) is 16.9 Å². The van der Waals surface area contributed by atoms with Crippen LogP contribution in [-0.4, -0.2) is 38.3 Å². The van der Waals surface area contributed by atoms with Crippen molar-refractivity contribution in [3.63, 3.8) is 0 Å². The third-order valence-electron chi connectivity index (χ3n) is 4.87. The third-order valence-corrected chi connectivity index (χ3v) is 4.87. The highest BCUT2D eigenvalue weighted by Gasteiger charge is 2.17. The summed E-state index contributed by atoms with van der Waals surface area (Å²) < 4.78 is 7.90. The number of esters is 1. The second-order valence-electron chi connectivity index (χ2n) is 6.74. The molecule has 0 fully saturated rings. The number of hydrogen-bond donors (Lipinski definition) is 2. The average molecular weight is 416 g/mol. The van der Waals surface area contributed by atoms with E-state index in [0.717, 1.165) is 11.3 Å². The van der Waals surface area contributed by atoms with Crippen molar-refractivity contribution in [2.24, 2.45) is 7.05 Å². The molecule has 2 heterocycles. The molecule has 4 rings (SSSR count). The molecule has 2 aromatic heterocycles. The molecule has 0 aliphatic carbocycles. The van der Waals surface area contributed by atoms with Crippen LogP contribution in [0.2, 0.25) is 0 Å². The second-order valence-corrected chi connectivity index (χ2v) is 6.74. The summed E-state index contributed by atoms with van der Waals surface area (Å²) in [5.41, 5.74) is 9.10. The highest BCUT2D eigenvalue weighted by molar-refractivity contribution is 6.03. The fourth-order valence-electron chi connectivity index (χ4n) is 3.16. The Balaban J connectivity index is 1.52. The second kappa shape index (κ2) is 8.15. The van der Waals surface area contributed by atoms with Crippen molar-refractivity contribution in [1.29, 1.82) is 0 Å². The smallest absolute Gasteiger partial charge is 0.343 e. The Morgan fingerprint density at radius 1 is 1.03 bits per heavy atom. The minimum atomic E-state index is -0.565. The molecule has 0 bridgehead atoms. The number of hydrogen-bond acceptors (Lipinski definition) is 6. The Hall–Kier alpha value is -4.40. The highest BCUT2D eigenvalue weighted by atomic mass is 16.5. The van der Waals surface area contributed by atoms with Gasteiger partial charge in [-0.3, -0.25) is 10.1 Å². The lowest BCUT2D eigenvalue weighted by Crippen LogP contribution is -2.15. The van der Waals surface area contributed by atoms with Gasteiger partial charge in [-0.25, -0.2) is 14.5 Å². The molecule has 1 amide bonds. The van der Waals surface area contributed by atoms with Crippen LogP contribution >= 0.6 is 0 Å². The molecular formula is C22H20N6O3. The van der Waals surface area contributed by atoms with E-state index in [9.17, 15) is 9.59 Å². The Morgan fingerprint density at radius 2 is 1.74 bits per heavy atom. The van der Waals surface area contributed by atoms with Crippen LogP contribution in [0.15, 0.2) is 67.0 Å². The quantitative estimate of drug-likeness (QED) is 0.483. The van der Waals surface area contributed by atoms with Gasteiger partial charge in [0, 0.05) is 12.6 Å². The number of imidazole rings is 1. The zero-order chi connectivity index (χ0) is 22.0. The van der Waals surface area contributed by atoms with Gasteiger partial charge < -0.3 is 15.0 Å². The Bertz CT molecular complexity index is 1240. The van der Waals surface area contributed by atoms with E-state index in [1.165, 1.54) is 18.0 Å². The molecule has 0 aliphatic heterocycles. The van der Waals surface area contributed by atoms with Gasteiger partial charge in [0.2, 0.25) is 5.95 Å². The molecule has 9 nitrogen and oxygen atoms in total. The highest BCUT2D eigenvalue weighted by Crippen LogP contribution is 2.22. The van der Waals surface area contributed by atoms with Crippen molar-refractivity contribution in [2.75, 3.05) is 18.2 Å². The van der Waals surface area contributed by atoms with Gasteiger partial charge >= 0.3 is 5.97 Å². The van der Waals surface area contributed by atoms with Crippen molar-refractivity contribution < 1.29 is 14.3 Å². The number of aromatic nitrogens is 4. The minimum Gasteiger partial charge on any atom is -0.465 e. The molecule has 3 N–H and O–H groups in total. The van der Waals surface area contributed by atoms with Gasteiger partial charge in [0.05, 0.1) is 30.9 Å². The number of carbonyl (C=O) groups excluding carboxylic acids is 2. The Morgan fingerprint density at radius 3 is 2.42 bits per heavy atom. The van der Waals surface area contributed by atoms with E-state index in [1.807, 2.05) is 41.9 Å².